The van der Waals surface area contributed by atoms with Gasteiger partial charge in [-0.15, -0.1) is 0 Å². The van der Waals surface area contributed by atoms with E-state index in [0.717, 1.165) is 30.2 Å². The molecule has 19 heavy (non-hydrogen) atoms. The predicted molar refractivity (Wildman–Crippen MR) is 75.6 cm³/mol. The van der Waals surface area contributed by atoms with Crippen molar-refractivity contribution in [1.82, 2.24) is 20.1 Å². The summed E-state index contributed by atoms with van der Waals surface area (Å²) in [5, 5.41) is 10.3. The molecule has 2 aromatic rings. The van der Waals surface area contributed by atoms with Gasteiger partial charge in [-0.25, -0.2) is 4.98 Å². The number of anilines is 2. The second-order valence-corrected chi connectivity index (χ2v) is 5.31. The summed E-state index contributed by atoms with van der Waals surface area (Å²) in [7, 11) is 4.25. The number of nitrogens with one attached hydrogen (secondary N) is 2. The second kappa shape index (κ2) is 4.66. The molecule has 0 unspecified atom stereocenters. The smallest absolute Gasteiger partial charge is 0.153 e. The maximum Gasteiger partial charge on any atom is 0.153 e. The average Bonchev–Trinajstić information content (AvgIpc) is 2.95. The Bertz CT molecular complexity index is 587. The third-order valence-electron chi connectivity index (χ3n) is 3.61. The lowest BCUT2D eigenvalue weighted by atomic mass is 10.1. The van der Waals surface area contributed by atoms with Gasteiger partial charge < -0.3 is 10.2 Å². The number of hydrogen-bond donors (Lipinski definition) is 2. The summed E-state index contributed by atoms with van der Waals surface area (Å²) in [4.78, 5) is 6.96. The predicted octanol–water partition coefficient (Wildman–Crippen LogP) is 2.41. The van der Waals surface area contributed by atoms with E-state index in [4.69, 9.17) is 4.98 Å². The lowest BCUT2D eigenvalue weighted by molar-refractivity contribution is 0.299. The van der Waals surface area contributed by atoms with Crippen LogP contribution in [0.2, 0.25) is 0 Å². The van der Waals surface area contributed by atoms with E-state index >= 15 is 0 Å². The van der Waals surface area contributed by atoms with Crippen LogP contribution in [0.15, 0.2) is 18.2 Å². The zero-order valence-corrected chi connectivity index (χ0v) is 11.6. The Morgan fingerprint density at radius 1 is 1.32 bits per heavy atom. The summed E-state index contributed by atoms with van der Waals surface area (Å²) < 4.78 is 0. The SMILES string of the molecule is Cc1cc(Nc2ccc3c(n2)CC[C@@H]3N(C)C)n[nH]1. The van der Waals surface area contributed by atoms with Crippen molar-refractivity contribution in [2.45, 2.75) is 25.8 Å². The largest absolute Gasteiger partial charge is 0.323 e. The number of aromatic nitrogens is 3. The monoisotopic (exact) mass is 257 g/mol. The van der Waals surface area contributed by atoms with Crippen LogP contribution >= 0.6 is 0 Å². The van der Waals surface area contributed by atoms with Crippen LogP contribution in [0.4, 0.5) is 11.6 Å². The van der Waals surface area contributed by atoms with Crippen molar-refractivity contribution >= 4 is 11.6 Å². The first-order valence-corrected chi connectivity index (χ1v) is 6.59. The minimum absolute atomic E-state index is 0.504. The molecule has 2 aromatic heterocycles. The van der Waals surface area contributed by atoms with Gasteiger partial charge in [-0.05, 0) is 45.5 Å². The number of nitrogens with zero attached hydrogens (tertiary/aromatic N) is 3. The molecule has 0 bridgehead atoms. The fraction of sp³-hybridized carbons (Fsp3) is 0.429. The highest BCUT2D eigenvalue weighted by atomic mass is 15.2. The lowest BCUT2D eigenvalue weighted by Gasteiger charge is -2.19. The maximum atomic E-state index is 4.70. The number of aryl methyl sites for hydroxylation is 2. The van der Waals surface area contributed by atoms with Crippen LogP contribution in [0.25, 0.3) is 0 Å². The maximum absolute atomic E-state index is 4.70. The Hall–Kier alpha value is -1.88. The number of pyridine rings is 1. The summed E-state index contributed by atoms with van der Waals surface area (Å²) >= 11 is 0. The molecule has 0 aliphatic heterocycles. The molecule has 2 N–H and O–H groups in total. The molecule has 2 heterocycles. The number of rotatable bonds is 3. The highest BCUT2D eigenvalue weighted by Crippen LogP contribution is 2.34. The van der Waals surface area contributed by atoms with Crippen LogP contribution in [-0.4, -0.2) is 34.2 Å². The normalized spacial score (nSPS) is 17.8. The molecule has 0 saturated heterocycles. The Morgan fingerprint density at radius 2 is 2.16 bits per heavy atom. The molecule has 0 spiro atoms. The molecular weight excluding hydrogens is 238 g/mol. The fourth-order valence-corrected chi connectivity index (χ4v) is 2.66. The topological polar surface area (TPSA) is 56.8 Å². The quantitative estimate of drug-likeness (QED) is 0.886. The van der Waals surface area contributed by atoms with Gasteiger partial charge in [0.1, 0.15) is 5.82 Å². The molecule has 5 heteroatoms. The van der Waals surface area contributed by atoms with Crippen LogP contribution in [0.3, 0.4) is 0 Å². The zero-order chi connectivity index (χ0) is 13.4. The first-order chi connectivity index (χ1) is 9.13. The molecule has 0 aromatic carbocycles. The number of fused-ring (bicyclic) bond motifs is 1. The fourth-order valence-electron chi connectivity index (χ4n) is 2.66. The van der Waals surface area contributed by atoms with Crippen LogP contribution in [-0.2, 0) is 6.42 Å². The number of aromatic amines is 1. The molecule has 1 aliphatic rings. The van der Waals surface area contributed by atoms with Gasteiger partial charge in [-0.1, -0.05) is 6.07 Å². The van der Waals surface area contributed by atoms with E-state index in [1.165, 1.54) is 11.3 Å². The second-order valence-electron chi connectivity index (χ2n) is 5.31. The molecular formula is C14H19N5. The molecule has 1 atom stereocenters. The van der Waals surface area contributed by atoms with Gasteiger partial charge in [0, 0.05) is 23.5 Å². The summed E-state index contributed by atoms with van der Waals surface area (Å²) in [6.07, 6.45) is 2.20. The van der Waals surface area contributed by atoms with Gasteiger partial charge in [-0.3, -0.25) is 5.10 Å². The van der Waals surface area contributed by atoms with Gasteiger partial charge >= 0.3 is 0 Å². The van der Waals surface area contributed by atoms with Crippen molar-refractivity contribution in [1.29, 1.82) is 0 Å². The van der Waals surface area contributed by atoms with E-state index in [2.05, 4.69) is 40.6 Å². The van der Waals surface area contributed by atoms with Crippen molar-refractivity contribution in [3.63, 3.8) is 0 Å². The van der Waals surface area contributed by atoms with E-state index in [9.17, 15) is 0 Å². The molecule has 0 radical (unpaired) electrons. The van der Waals surface area contributed by atoms with Gasteiger partial charge in [0.05, 0.1) is 0 Å². The lowest BCUT2D eigenvalue weighted by Crippen LogP contribution is -2.17. The van der Waals surface area contributed by atoms with Gasteiger partial charge in [-0.2, -0.15) is 5.10 Å². The Labute approximate surface area is 113 Å². The summed E-state index contributed by atoms with van der Waals surface area (Å²) in [6.45, 7) is 1.98. The summed E-state index contributed by atoms with van der Waals surface area (Å²) in [6, 6.07) is 6.69. The third-order valence-corrected chi connectivity index (χ3v) is 3.61. The molecule has 5 nitrogen and oxygen atoms in total. The van der Waals surface area contributed by atoms with Crippen molar-refractivity contribution in [3.05, 3.63) is 35.2 Å². The minimum Gasteiger partial charge on any atom is -0.323 e. The Balaban J connectivity index is 1.83. The van der Waals surface area contributed by atoms with Gasteiger partial charge in [0.2, 0.25) is 0 Å². The van der Waals surface area contributed by atoms with E-state index in [1.807, 2.05) is 19.1 Å². The summed E-state index contributed by atoms with van der Waals surface area (Å²) in [5.41, 5.74) is 3.60. The average molecular weight is 257 g/mol. The first kappa shape index (κ1) is 12.2. The molecule has 3 rings (SSSR count). The number of hydrogen-bond acceptors (Lipinski definition) is 4. The Kier molecular flexibility index (Phi) is 2.98. The summed E-state index contributed by atoms with van der Waals surface area (Å²) in [5.74, 6) is 1.68. The van der Waals surface area contributed by atoms with Crippen LogP contribution in [0.1, 0.15) is 29.4 Å². The van der Waals surface area contributed by atoms with Crippen LogP contribution < -0.4 is 5.32 Å². The molecule has 0 amide bonds. The van der Waals surface area contributed by atoms with Crippen molar-refractivity contribution in [3.8, 4) is 0 Å². The van der Waals surface area contributed by atoms with Crippen molar-refractivity contribution in [2.75, 3.05) is 19.4 Å². The molecule has 100 valence electrons. The van der Waals surface area contributed by atoms with E-state index in [-0.39, 0.29) is 0 Å². The first-order valence-electron chi connectivity index (χ1n) is 6.59. The highest BCUT2D eigenvalue weighted by molar-refractivity contribution is 5.53. The zero-order valence-electron chi connectivity index (χ0n) is 11.6. The van der Waals surface area contributed by atoms with E-state index < -0.39 is 0 Å². The standard InChI is InChI=1S/C14H19N5/c1-9-8-14(18-17-9)16-13-7-4-10-11(15-13)5-6-12(10)19(2)3/h4,7-8,12H,5-6H2,1-3H3,(H2,15,16,17,18)/t12-/m0/s1. The van der Waals surface area contributed by atoms with Crippen LogP contribution in [0, 0.1) is 6.92 Å². The number of H-pyrrole nitrogens is 1. The molecule has 1 aliphatic carbocycles. The minimum atomic E-state index is 0.504. The van der Waals surface area contributed by atoms with Crippen molar-refractivity contribution < 1.29 is 0 Å². The van der Waals surface area contributed by atoms with Gasteiger partial charge in [0.25, 0.3) is 0 Å². The molecule has 0 fully saturated rings. The third kappa shape index (κ3) is 2.33. The van der Waals surface area contributed by atoms with Crippen molar-refractivity contribution in [2.24, 2.45) is 0 Å². The van der Waals surface area contributed by atoms with Crippen LogP contribution in [0.5, 0.6) is 0 Å². The highest BCUT2D eigenvalue weighted by Gasteiger charge is 2.25. The molecule has 0 saturated carbocycles. The van der Waals surface area contributed by atoms with E-state index in [1.54, 1.807) is 0 Å². The van der Waals surface area contributed by atoms with Gasteiger partial charge in [0.15, 0.2) is 5.82 Å². The van der Waals surface area contributed by atoms with E-state index in [0.29, 0.717) is 6.04 Å². The Morgan fingerprint density at radius 3 is 2.84 bits per heavy atom.